The van der Waals surface area contributed by atoms with E-state index in [0.29, 0.717) is 5.56 Å². The summed E-state index contributed by atoms with van der Waals surface area (Å²) in [5.74, 6) is -0.895. The number of carbonyl (C=O) groups excluding carboxylic acids is 3. The molecule has 0 aliphatic heterocycles. The Kier molecular flexibility index (Phi) is 11.1. The second-order valence-corrected chi connectivity index (χ2v) is 7.39. The molecular weight excluding hydrogens is 360 g/mol. The van der Waals surface area contributed by atoms with E-state index < -0.39 is 18.1 Å². The highest BCUT2D eigenvalue weighted by Crippen LogP contribution is 2.11. The summed E-state index contributed by atoms with van der Waals surface area (Å²) in [6.07, 6.45) is 0. The maximum absolute atomic E-state index is 12.2. The first kappa shape index (κ1) is 25.6. The van der Waals surface area contributed by atoms with Crippen molar-refractivity contribution >= 4 is 17.8 Å². The second kappa shape index (κ2) is 12.1. The van der Waals surface area contributed by atoms with E-state index in [-0.39, 0.29) is 23.7 Å². The standard InChI is InChI=1S/C15H21NO3.C6H13NO2/c1-9(2)13(15(18)19-5)16-14(17)12-7-10(3)6-11(4)8-12;1-4(2)5(7)6(8)9-3/h6-9,13H,1-5H3,(H,16,17);4-5H,7H2,1-3H3/t13-;5-/m00/s1. The fourth-order valence-electron chi connectivity index (χ4n) is 2.36. The number of nitrogens with one attached hydrogen (secondary N) is 1. The van der Waals surface area contributed by atoms with Crippen molar-refractivity contribution in [3.05, 3.63) is 34.9 Å². The summed E-state index contributed by atoms with van der Waals surface area (Å²) in [5.41, 5.74) is 7.99. The minimum absolute atomic E-state index is 0.0256. The summed E-state index contributed by atoms with van der Waals surface area (Å²) < 4.78 is 9.11. The lowest BCUT2D eigenvalue weighted by atomic mass is 10.0. The normalized spacial score (nSPS) is 12.5. The van der Waals surface area contributed by atoms with Crippen molar-refractivity contribution < 1.29 is 23.9 Å². The molecular formula is C21H34N2O5. The van der Waals surface area contributed by atoms with Gasteiger partial charge in [-0.3, -0.25) is 9.59 Å². The minimum Gasteiger partial charge on any atom is -0.468 e. The van der Waals surface area contributed by atoms with Gasteiger partial charge in [0.05, 0.1) is 14.2 Å². The van der Waals surface area contributed by atoms with Crippen LogP contribution in [0.5, 0.6) is 0 Å². The van der Waals surface area contributed by atoms with E-state index in [0.717, 1.165) is 11.1 Å². The fraction of sp³-hybridized carbons (Fsp3) is 0.571. The van der Waals surface area contributed by atoms with Crippen LogP contribution in [0.25, 0.3) is 0 Å². The molecule has 0 heterocycles. The molecule has 7 heteroatoms. The first-order valence-corrected chi connectivity index (χ1v) is 9.24. The summed E-state index contributed by atoms with van der Waals surface area (Å²) in [5, 5.41) is 2.72. The Labute approximate surface area is 168 Å². The molecule has 7 nitrogen and oxygen atoms in total. The number of benzene rings is 1. The van der Waals surface area contributed by atoms with E-state index in [9.17, 15) is 14.4 Å². The van der Waals surface area contributed by atoms with Crippen molar-refractivity contribution in [2.45, 2.75) is 53.6 Å². The van der Waals surface area contributed by atoms with Gasteiger partial charge in [-0.1, -0.05) is 44.9 Å². The summed E-state index contributed by atoms with van der Waals surface area (Å²) in [6.45, 7) is 11.4. The molecule has 0 fully saturated rings. The molecule has 0 aromatic heterocycles. The van der Waals surface area contributed by atoms with Crippen molar-refractivity contribution in [1.29, 1.82) is 0 Å². The first-order chi connectivity index (χ1) is 12.9. The minimum atomic E-state index is -0.627. The maximum Gasteiger partial charge on any atom is 0.328 e. The number of nitrogens with two attached hydrogens (primary N) is 1. The number of aryl methyl sites for hydroxylation is 2. The molecule has 158 valence electrons. The maximum atomic E-state index is 12.2. The number of hydrogen-bond acceptors (Lipinski definition) is 6. The van der Waals surface area contributed by atoms with E-state index in [1.807, 2.05) is 47.6 Å². The molecule has 0 aliphatic rings. The van der Waals surface area contributed by atoms with Crippen LogP contribution in [0.4, 0.5) is 0 Å². The number of ether oxygens (including phenoxy) is 2. The molecule has 0 saturated carbocycles. The number of hydrogen-bond donors (Lipinski definition) is 2. The van der Waals surface area contributed by atoms with Gasteiger partial charge in [-0.15, -0.1) is 0 Å². The quantitative estimate of drug-likeness (QED) is 0.717. The van der Waals surface area contributed by atoms with Crippen LogP contribution in [0, 0.1) is 25.7 Å². The Morgan fingerprint density at radius 2 is 1.32 bits per heavy atom. The highest BCUT2D eigenvalue weighted by molar-refractivity contribution is 5.97. The third-order valence-electron chi connectivity index (χ3n) is 4.08. The summed E-state index contributed by atoms with van der Waals surface area (Å²) in [4.78, 5) is 34.4. The van der Waals surface area contributed by atoms with Crippen LogP contribution >= 0.6 is 0 Å². The molecule has 0 spiro atoms. The van der Waals surface area contributed by atoms with E-state index in [2.05, 4.69) is 10.1 Å². The van der Waals surface area contributed by atoms with Crippen LogP contribution in [0.3, 0.4) is 0 Å². The highest BCUT2D eigenvalue weighted by Gasteiger charge is 2.25. The van der Waals surface area contributed by atoms with Gasteiger partial charge in [0.1, 0.15) is 12.1 Å². The fourth-order valence-corrected chi connectivity index (χ4v) is 2.36. The Hall–Kier alpha value is -2.41. The zero-order chi connectivity index (χ0) is 22.0. The summed E-state index contributed by atoms with van der Waals surface area (Å²) in [6, 6.07) is 4.50. The molecule has 3 N–H and O–H groups in total. The molecule has 28 heavy (non-hydrogen) atoms. The van der Waals surface area contributed by atoms with Gasteiger partial charge in [0.15, 0.2) is 0 Å². The monoisotopic (exact) mass is 394 g/mol. The molecule has 0 radical (unpaired) electrons. The molecule has 1 aromatic carbocycles. The molecule has 1 aromatic rings. The van der Waals surface area contributed by atoms with E-state index in [4.69, 9.17) is 10.5 Å². The lowest BCUT2D eigenvalue weighted by Crippen LogP contribution is -2.45. The Bertz CT molecular complexity index is 651. The van der Waals surface area contributed by atoms with Gasteiger partial charge in [-0.05, 0) is 37.8 Å². The predicted molar refractivity (Wildman–Crippen MR) is 109 cm³/mol. The molecule has 0 aliphatic carbocycles. The average molecular weight is 395 g/mol. The summed E-state index contributed by atoms with van der Waals surface area (Å²) in [7, 11) is 2.66. The number of rotatable bonds is 6. The molecule has 1 amide bonds. The lowest BCUT2D eigenvalue weighted by molar-refractivity contribution is -0.144. The highest BCUT2D eigenvalue weighted by atomic mass is 16.5. The Morgan fingerprint density at radius 3 is 1.64 bits per heavy atom. The Balaban J connectivity index is 0.000000684. The van der Waals surface area contributed by atoms with E-state index in [1.54, 1.807) is 12.1 Å². The van der Waals surface area contributed by atoms with Crippen molar-refractivity contribution in [3.8, 4) is 0 Å². The van der Waals surface area contributed by atoms with Gasteiger partial charge in [-0.2, -0.15) is 0 Å². The van der Waals surface area contributed by atoms with E-state index in [1.165, 1.54) is 14.2 Å². The van der Waals surface area contributed by atoms with Crippen LogP contribution in [0.15, 0.2) is 18.2 Å². The van der Waals surface area contributed by atoms with Crippen molar-refractivity contribution in [1.82, 2.24) is 5.32 Å². The van der Waals surface area contributed by atoms with Gasteiger partial charge < -0.3 is 20.5 Å². The van der Waals surface area contributed by atoms with Crippen molar-refractivity contribution in [2.24, 2.45) is 17.6 Å². The number of esters is 2. The zero-order valence-corrected chi connectivity index (χ0v) is 18.2. The van der Waals surface area contributed by atoms with Crippen LogP contribution in [-0.2, 0) is 19.1 Å². The zero-order valence-electron chi connectivity index (χ0n) is 18.2. The largest absolute Gasteiger partial charge is 0.468 e. The van der Waals surface area contributed by atoms with Gasteiger partial charge in [0, 0.05) is 5.56 Å². The predicted octanol–water partition coefficient (Wildman–Crippen LogP) is 2.37. The third-order valence-corrected chi connectivity index (χ3v) is 4.08. The van der Waals surface area contributed by atoms with Gasteiger partial charge in [0.2, 0.25) is 0 Å². The van der Waals surface area contributed by atoms with Crippen molar-refractivity contribution in [3.63, 3.8) is 0 Å². The average Bonchev–Trinajstić information content (AvgIpc) is 2.63. The smallest absolute Gasteiger partial charge is 0.328 e. The number of carbonyl (C=O) groups is 3. The Morgan fingerprint density at radius 1 is 0.857 bits per heavy atom. The molecule has 0 saturated heterocycles. The van der Waals surface area contributed by atoms with Crippen LogP contribution in [-0.4, -0.2) is 44.1 Å². The SMILES string of the molecule is COC(=O)[C@@H](N)C(C)C.COC(=O)[C@@H](NC(=O)c1cc(C)cc(C)c1)C(C)C. The van der Waals surface area contributed by atoms with Gasteiger partial charge in [-0.25, -0.2) is 4.79 Å². The lowest BCUT2D eigenvalue weighted by Gasteiger charge is -2.20. The van der Waals surface area contributed by atoms with Crippen LogP contribution in [0.2, 0.25) is 0 Å². The van der Waals surface area contributed by atoms with Gasteiger partial charge >= 0.3 is 11.9 Å². The molecule has 1 rings (SSSR count). The molecule has 0 bridgehead atoms. The molecule has 2 atom stereocenters. The first-order valence-electron chi connectivity index (χ1n) is 9.24. The number of amides is 1. The second-order valence-electron chi connectivity index (χ2n) is 7.39. The van der Waals surface area contributed by atoms with Gasteiger partial charge in [0.25, 0.3) is 5.91 Å². The number of methoxy groups -OCH3 is 2. The van der Waals surface area contributed by atoms with E-state index >= 15 is 0 Å². The van der Waals surface area contributed by atoms with Crippen LogP contribution in [0.1, 0.15) is 49.2 Å². The topological polar surface area (TPSA) is 108 Å². The summed E-state index contributed by atoms with van der Waals surface area (Å²) >= 11 is 0. The molecule has 0 unspecified atom stereocenters. The third kappa shape index (κ3) is 8.52. The van der Waals surface area contributed by atoms with Crippen LogP contribution < -0.4 is 11.1 Å². The van der Waals surface area contributed by atoms with Crippen molar-refractivity contribution in [2.75, 3.05) is 14.2 Å².